The lowest BCUT2D eigenvalue weighted by Gasteiger charge is -2.02. The molecule has 4 aromatic rings. The summed E-state index contributed by atoms with van der Waals surface area (Å²) in [4.78, 5) is 10.2. The largest absolute Gasteiger partial charge is 0.383 e. The number of rotatable bonds is 6. The van der Waals surface area contributed by atoms with Crippen LogP contribution in [0.1, 0.15) is 10.4 Å². The van der Waals surface area contributed by atoms with E-state index in [0.717, 1.165) is 43.4 Å². The van der Waals surface area contributed by atoms with Crippen molar-refractivity contribution in [1.82, 2.24) is 4.98 Å². The predicted molar refractivity (Wildman–Crippen MR) is 121 cm³/mol. The van der Waals surface area contributed by atoms with Gasteiger partial charge in [0.1, 0.15) is 5.84 Å². The van der Waals surface area contributed by atoms with Crippen LogP contribution >= 0.6 is 38.6 Å². The number of thiazole rings is 1. The molecular formula is C20H17BrN4S2. The number of amidine groups is 1. The maximum atomic E-state index is 6.08. The molecule has 2 aromatic heterocycles. The molecule has 0 saturated carbocycles. The Bertz CT molecular complexity index is 1070. The molecule has 7 heteroatoms. The number of benzene rings is 2. The molecule has 3 N–H and O–H groups in total. The second-order valence-electron chi connectivity index (χ2n) is 5.95. The minimum Gasteiger partial charge on any atom is -0.383 e. The van der Waals surface area contributed by atoms with Gasteiger partial charge < -0.3 is 11.1 Å². The molecule has 0 aliphatic heterocycles. The number of nitrogens with two attached hydrogens (primary N) is 1. The Morgan fingerprint density at radius 2 is 2.00 bits per heavy atom. The molecule has 0 saturated heterocycles. The fourth-order valence-corrected chi connectivity index (χ4v) is 4.46. The van der Waals surface area contributed by atoms with Gasteiger partial charge in [-0.2, -0.15) is 0 Å². The van der Waals surface area contributed by atoms with E-state index in [2.05, 4.69) is 55.5 Å². The third-order valence-corrected chi connectivity index (χ3v) is 6.40. The van der Waals surface area contributed by atoms with Crippen LogP contribution in [0.3, 0.4) is 0 Å². The van der Waals surface area contributed by atoms with Crippen LogP contribution in [0.15, 0.2) is 69.4 Å². The molecule has 4 rings (SSSR count). The molecule has 0 unspecified atom stereocenters. The first-order valence-corrected chi connectivity index (χ1v) is 10.9. The van der Waals surface area contributed by atoms with Gasteiger partial charge in [0.2, 0.25) is 0 Å². The fraction of sp³-hybridized carbons (Fsp3) is 0.100. The van der Waals surface area contributed by atoms with Crippen LogP contribution < -0.4 is 11.1 Å². The number of nitrogens with one attached hydrogen (secondary N) is 1. The quantitative estimate of drug-likeness (QED) is 0.284. The van der Waals surface area contributed by atoms with Crippen molar-refractivity contribution in [2.45, 2.75) is 6.42 Å². The third kappa shape index (κ3) is 4.55. The zero-order valence-electron chi connectivity index (χ0n) is 14.4. The monoisotopic (exact) mass is 456 g/mol. The normalized spacial score (nSPS) is 11.8. The van der Waals surface area contributed by atoms with E-state index in [0.29, 0.717) is 5.84 Å². The lowest BCUT2D eigenvalue weighted by Crippen LogP contribution is -2.10. The van der Waals surface area contributed by atoms with Gasteiger partial charge in [0, 0.05) is 11.0 Å². The minimum atomic E-state index is 0.543. The minimum absolute atomic E-state index is 0.543. The van der Waals surface area contributed by atoms with E-state index < -0.39 is 0 Å². The average Bonchev–Trinajstić information content (AvgIpc) is 3.32. The Balaban J connectivity index is 1.44. The molecule has 27 heavy (non-hydrogen) atoms. The lowest BCUT2D eigenvalue weighted by molar-refractivity contribution is 1.02. The van der Waals surface area contributed by atoms with Gasteiger partial charge in [-0.05, 0) is 53.8 Å². The van der Waals surface area contributed by atoms with E-state index in [1.54, 1.807) is 22.7 Å². The van der Waals surface area contributed by atoms with E-state index in [4.69, 9.17) is 5.73 Å². The van der Waals surface area contributed by atoms with Gasteiger partial charge in [-0.1, -0.05) is 45.5 Å². The zero-order chi connectivity index (χ0) is 18.6. The van der Waals surface area contributed by atoms with Crippen molar-refractivity contribution in [3.8, 4) is 0 Å². The first-order chi connectivity index (χ1) is 13.2. The highest BCUT2D eigenvalue weighted by atomic mass is 79.9. The Labute approximate surface area is 173 Å². The standard InChI is InChI=1S/C20H17BrN4S2/c21-14-5-3-13(4-6-14)9-10-23-20-25-16-8-7-15(12-18(16)27-20)24-19(22)17-2-1-11-26-17/h1-8,11-12H,9-10H2,(H2,22,24)(H,23,25). The van der Waals surface area contributed by atoms with Crippen molar-refractivity contribution in [1.29, 1.82) is 0 Å². The summed E-state index contributed by atoms with van der Waals surface area (Å²) in [5.74, 6) is 0.543. The molecule has 0 amide bonds. The number of anilines is 1. The molecule has 2 aromatic carbocycles. The van der Waals surface area contributed by atoms with Crippen LogP contribution in [0.25, 0.3) is 10.2 Å². The Morgan fingerprint density at radius 1 is 1.15 bits per heavy atom. The van der Waals surface area contributed by atoms with Crippen molar-refractivity contribution in [2.24, 2.45) is 10.7 Å². The van der Waals surface area contributed by atoms with Crippen LogP contribution in [-0.4, -0.2) is 17.4 Å². The van der Waals surface area contributed by atoms with Gasteiger partial charge in [-0.15, -0.1) is 11.3 Å². The molecule has 0 radical (unpaired) electrons. The van der Waals surface area contributed by atoms with Crippen LogP contribution in [0, 0.1) is 0 Å². The van der Waals surface area contributed by atoms with Gasteiger partial charge in [-0.3, -0.25) is 0 Å². The van der Waals surface area contributed by atoms with E-state index in [-0.39, 0.29) is 0 Å². The summed E-state index contributed by atoms with van der Waals surface area (Å²) < 4.78 is 2.20. The van der Waals surface area contributed by atoms with Crippen molar-refractivity contribution in [2.75, 3.05) is 11.9 Å². The number of hydrogen-bond acceptors (Lipinski definition) is 5. The highest BCUT2D eigenvalue weighted by molar-refractivity contribution is 9.10. The van der Waals surface area contributed by atoms with Crippen molar-refractivity contribution < 1.29 is 0 Å². The Hall–Kier alpha value is -2.22. The molecule has 0 fully saturated rings. The Morgan fingerprint density at radius 3 is 2.78 bits per heavy atom. The van der Waals surface area contributed by atoms with Crippen LogP contribution in [0.5, 0.6) is 0 Å². The van der Waals surface area contributed by atoms with E-state index in [9.17, 15) is 0 Å². The molecule has 0 spiro atoms. The second kappa shape index (κ2) is 8.21. The fourth-order valence-electron chi connectivity index (χ4n) is 2.64. The Kier molecular flexibility index (Phi) is 5.52. The van der Waals surface area contributed by atoms with E-state index in [1.165, 1.54) is 5.56 Å². The molecule has 2 heterocycles. The number of halogens is 1. The average molecular weight is 457 g/mol. The number of hydrogen-bond donors (Lipinski definition) is 2. The number of thiophene rings is 1. The van der Waals surface area contributed by atoms with Crippen LogP contribution in [0.4, 0.5) is 10.8 Å². The van der Waals surface area contributed by atoms with Crippen LogP contribution in [-0.2, 0) is 6.42 Å². The molecule has 136 valence electrons. The number of aromatic nitrogens is 1. The first kappa shape index (κ1) is 18.2. The lowest BCUT2D eigenvalue weighted by atomic mass is 10.1. The summed E-state index contributed by atoms with van der Waals surface area (Å²) in [6.07, 6.45) is 0.954. The van der Waals surface area contributed by atoms with Gasteiger partial charge in [0.25, 0.3) is 0 Å². The van der Waals surface area contributed by atoms with Crippen molar-refractivity contribution in [3.63, 3.8) is 0 Å². The maximum Gasteiger partial charge on any atom is 0.183 e. The zero-order valence-corrected chi connectivity index (χ0v) is 17.6. The summed E-state index contributed by atoms with van der Waals surface area (Å²) in [6.45, 7) is 0.845. The molecule has 0 aliphatic carbocycles. The van der Waals surface area contributed by atoms with Gasteiger partial charge >= 0.3 is 0 Å². The first-order valence-electron chi connectivity index (χ1n) is 8.44. The van der Waals surface area contributed by atoms with Gasteiger partial charge in [0.05, 0.1) is 20.8 Å². The molecule has 0 atom stereocenters. The molecular weight excluding hydrogens is 440 g/mol. The highest BCUT2D eigenvalue weighted by Gasteiger charge is 2.06. The molecule has 0 bridgehead atoms. The summed E-state index contributed by atoms with van der Waals surface area (Å²) in [7, 11) is 0. The smallest absolute Gasteiger partial charge is 0.183 e. The third-order valence-electron chi connectivity index (χ3n) is 4.00. The molecule has 0 aliphatic rings. The SMILES string of the molecule is NC(=Nc1ccc2nc(NCCc3ccc(Br)cc3)sc2c1)c1cccs1. The van der Waals surface area contributed by atoms with Crippen molar-refractivity contribution >= 4 is 65.5 Å². The summed E-state index contributed by atoms with van der Waals surface area (Å²) >= 11 is 6.69. The van der Waals surface area contributed by atoms with Gasteiger partial charge in [-0.25, -0.2) is 9.98 Å². The van der Waals surface area contributed by atoms with Crippen LogP contribution in [0.2, 0.25) is 0 Å². The molecule has 4 nitrogen and oxygen atoms in total. The topological polar surface area (TPSA) is 63.3 Å². The highest BCUT2D eigenvalue weighted by Crippen LogP contribution is 2.29. The second-order valence-corrected chi connectivity index (χ2v) is 8.84. The van der Waals surface area contributed by atoms with E-state index in [1.807, 2.05) is 35.7 Å². The van der Waals surface area contributed by atoms with Gasteiger partial charge in [0.15, 0.2) is 5.13 Å². The maximum absolute atomic E-state index is 6.08. The number of fused-ring (bicyclic) bond motifs is 1. The predicted octanol–water partition coefficient (Wildman–Crippen LogP) is 5.81. The van der Waals surface area contributed by atoms with E-state index >= 15 is 0 Å². The summed E-state index contributed by atoms with van der Waals surface area (Å²) in [6, 6.07) is 18.3. The number of aliphatic imine (C=N–C) groups is 1. The summed E-state index contributed by atoms with van der Waals surface area (Å²) in [5, 5.41) is 6.34. The summed E-state index contributed by atoms with van der Waals surface area (Å²) in [5.41, 5.74) is 9.20. The van der Waals surface area contributed by atoms with Crippen molar-refractivity contribution in [3.05, 3.63) is 74.9 Å². The number of nitrogens with zero attached hydrogens (tertiary/aromatic N) is 2.